The lowest BCUT2D eigenvalue weighted by Gasteiger charge is -2.10. The average molecular weight is 482 g/mol. The van der Waals surface area contributed by atoms with Gasteiger partial charge in [0.05, 0.1) is 17.2 Å². The van der Waals surface area contributed by atoms with Crippen molar-refractivity contribution in [3.05, 3.63) is 80.5 Å². The van der Waals surface area contributed by atoms with Crippen molar-refractivity contribution < 1.29 is 18.9 Å². The summed E-state index contributed by atoms with van der Waals surface area (Å²) in [6.45, 7) is 2.26. The fraction of sp³-hybridized carbons (Fsp3) is 0.0909. The van der Waals surface area contributed by atoms with E-state index in [0.29, 0.717) is 33.8 Å². The molecule has 2 aromatic carbocycles. The van der Waals surface area contributed by atoms with Crippen LogP contribution in [-0.4, -0.2) is 17.4 Å². The molecule has 0 atom stereocenters. The minimum Gasteiger partial charge on any atom is -0.492 e. The van der Waals surface area contributed by atoms with Gasteiger partial charge < -0.3 is 14.5 Å². The molecule has 9 heteroatoms. The second kappa shape index (κ2) is 9.73. The predicted molar refractivity (Wildman–Crippen MR) is 118 cm³/mol. The number of hydrogen-bond donors (Lipinski definition) is 1. The first-order chi connectivity index (χ1) is 14.9. The summed E-state index contributed by atoms with van der Waals surface area (Å²) in [5.74, 6) is 0.598. The largest absolute Gasteiger partial charge is 0.492 e. The third-order valence-corrected chi connectivity index (χ3v) is 4.80. The second-order valence-electron chi connectivity index (χ2n) is 6.18. The van der Waals surface area contributed by atoms with Gasteiger partial charge in [-0.1, -0.05) is 12.1 Å². The number of hydrogen-bond acceptors (Lipinski definition) is 6. The summed E-state index contributed by atoms with van der Waals surface area (Å²) in [4.78, 5) is 23.0. The molecule has 0 fully saturated rings. The van der Waals surface area contributed by atoms with Gasteiger partial charge in [0, 0.05) is 28.2 Å². The highest BCUT2D eigenvalue weighted by Crippen LogP contribution is 2.33. The predicted octanol–water partition coefficient (Wildman–Crippen LogP) is 5.56. The first kappa shape index (κ1) is 21.8. The molecule has 0 unspecified atom stereocenters. The number of non-ortho nitro benzene ring substituents is 1. The Morgan fingerprint density at radius 2 is 2.06 bits per heavy atom. The summed E-state index contributed by atoms with van der Waals surface area (Å²) in [5, 5.41) is 23.0. The smallest absolute Gasteiger partial charge is 0.270 e. The monoisotopic (exact) mass is 481 g/mol. The van der Waals surface area contributed by atoms with Crippen molar-refractivity contribution in [1.82, 2.24) is 0 Å². The van der Waals surface area contributed by atoms with Crippen LogP contribution in [0.3, 0.4) is 0 Å². The quantitative estimate of drug-likeness (QED) is 0.204. The third-order valence-electron chi connectivity index (χ3n) is 4.14. The van der Waals surface area contributed by atoms with E-state index in [9.17, 15) is 20.2 Å². The number of anilines is 1. The van der Waals surface area contributed by atoms with Crippen LogP contribution in [0.2, 0.25) is 0 Å². The maximum atomic E-state index is 12.6. The summed E-state index contributed by atoms with van der Waals surface area (Å²) in [6, 6.07) is 16.3. The van der Waals surface area contributed by atoms with Gasteiger partial charge in [0.15, 0.2) is 0 Å². The van der Waals surface area contributed by atoms with Crippen LogP contribution in [0.4, 0.5) is 11.4 Å². The molecule has 0 bridgehead atoms. The van der Waals surface area contributed by atoms with Crippen molar-refractivity contribution in [2.75, 3.05) is 11.9 Å². The van der Waals surface area contributed by atoms with Gasteiger partial charge in [-0.15, -0.1) is 0 Å². The van der Waals surface area contributed by atoms with Gasteiger partial charge in [-0.25, -0.2) is 0 Å². The number of nitrogens with one attached hydrogen (secondary N) is 1. The average Bonchev–Trinajstić information content (AvgIpc) is 3.21. The highest BCUT2D eigenvalue weighted by atomic mass is 79.9. The van der Waals surface area contributed by atoms with E-state index < -0.39 is 10.8 Å². The maximum Gasteiger partial charge on any atom is 0.270 e. The minimum atomic E-state index is -0.607. The molecule has 0 aliphatic carbocycles. The number of carbonyl (C=O) groups excluding carboxylic acids is 1. The number of benzene rings is 2. The number of nitriles is 1. The van der Waals surface area contributed by atoms with Gasteiger partial charge in [0.2, 0.25) is 0 Å². The van der Waals surface area contributed by atoms with Crippen LogP contribution >= 0.6 is 15.9 Å². The zero-order valence-electron chi connectivity index (χ0n) is 16.3. The number of nitrogens with zero attached hydrogens (tertiary/aromatic N) is 2. The molecule has 3 rings (SSSR count). The van der Waals surface area contributed by atoms with Gasteiger partial charge in [0.1, 0.15) is 28.9 Å². The van der Waals surface area contributed by atoms with Crippen LogP contribution in [-0.2, 0) is 4.79 Å². The molecule has 0 saturated carbocycles. The molecule has 0 aliphatic heterocycles. The standard InChI is InChI=1S/C22H16BrN3O5/c1-2-30-21-6-4-3-5-19(21)25-22(27)14(13-24)11-16-8-10-20(31-16)17-9-7-15(26(28)29)12-18(17)23/h3-12H,2H2,1H3,(H,25,27)/b14-11+. The second-order valence-corrected chi connectivity index (χ2v) is 7.03. The van der Waals surface area contributed by atoms with Gasteiger partial charge in [-0.05, 0) is 53.2 Å². The fourth-order valence-corrected chi connectivity index (χ4v) is 3.29. The van der Waals surface area contributed by atoms with Crippen LogP contribution in [0.5, 0.6) is 5.75 Å². The van der Waals surface area contributed by atoms with Gasteiger partial charge in [0.25, 0.3) is 11.6 Å². The zero-order chi connectivity index (χ0) is 22.4. The van der Waals surface area contributed by atoms with Crippen molar-refractivity contribution in [2.45, 2.75) is 6.92 Å². The molecule has 1 N–H and O–H groups in total. The Hall–Kier alpha value is -3.90. The summed E-state index contributed by atoms with van der Waals surface area (Å²) < 4.78 is 11.7. The first-order valence-corrected chi connectivity index (χ1v) is 9.91. The van der Waals surface area contributed by atoms with Crippen molar-refractivity contribution in [1.29, 1.82) is 5.26 Å². The number of carbonyl (C=O) groups is 1. The number of nitro benzene ring substituents is 1. The molecular formula is C22H16BrN3O5. The van der Waals surface area contributed by atoms with E-state index in [-0.39, 0.29) is 17.0 Å². The molecule has 3 aromatic rings. The van der Waals surface area contributed by atoms with E-state index >= 15 is 0 Å². The van der Waals surface area contributed by atoms with E-state index in [1.165, 1.54) is 18.2 Å². The Bertz CT molecular complexity index is 1210. The van der Waals surface area contributed by atoms with E-state index in [1.807, 2.05) is 13.0 Å². The molecule has 0 spiro atoms. The molecule has 1 heterocycles. The van der Waals surface area contributed by atoms with Gasteiger partial charge >= 0.3 is 0 Å². The van der Waals surface area contributed by atoms with Crippen LogP contribution in [0.25, 0.3) is 17.4 Å². The zero-order valence-corrected chi connectivity index (χ0v) is 17.9. The SMILES string of the molecule is CCOc1ccccc1NC(=O)/C(C#N)=C/c1ccc(-c2ccc([N+](=O)[O-])cc2Br)o1. The molecule has 1 amide bonds. The van der Waals surface area contributed by atoms with Crippen molar-refractivity contribution >= 4 is 39.3 Å². The molecule has 31 heavy (non-hydrogen) atoms. The number of amides is 1. The topological polar surface area (TPSA) is 118 Å². The normalized spacial score (nSPS) is 10.9. The van der Waals surface area contributed by atoms with E-state index in [2.05, 4.69) is 21.2 Å². The summed E-state index contributed by atoms with van der Waals surface area (Å²) in [7, 11) is 0. The minimum absolute atomic E-state index is 0.0573. The lowest BCUT2D eigenvalue weighted by atomic mass is 10.1. The lowest BCUT2D eigenvalue weighted by Crippen LogP contribution is -2.14. The third kappa shape index (κ3) is 5.18. The molecule has 1 aromatic heterocycles. The summed E-state index contributed by atoms with van der Waals surface area (Å²) in [6.07, 6.45) is 1.32. The maximum absolute atomic E-state index is 12.6. The van der Waals surface area contributed by atoms with Crippen molar-refractivity contribution in [3.63, 3.8) is 0 Å². The Kier molecular flexibility index (Phi) is 6.85. The molecule has 0 aliphatic rings. The van der Waals surface area contributed by atoms with E-state index in [4.69, 9.17) is 9.15 Å². The molecule has 8 nitrogen and oxygen atoms in total. The van der Waals surface area contributed by atoms with Crippen molar-refractivity contribution in [2.24, 2.45) is 0 Å². The number of halogens is 1. The number of rotatable bonds is 7. The number of nitro groups is 1. The van der Waals surface area contributed by atoms with Crippen LogP contribution in [0, 0.1) is 21.4 Å². The Morgan fingerprint density at radius 1 is 1.29 bits per heavy atom. The first-order valence-electron chi connectivity index (χ1n) is 9.12. The van der Waals surface area contributed by atoms with Crippen molar-refractivity contribution in [3.8, 4) is 23.1 Å². The Balaban J connectivity index is 1.83. The number of para-hydroxylation sites is 2. The summed E-state index contributed by atoms with van der Waals surface area (Å²) in [5.41, 5.74) is 0.831. The highest BCUT2D eigenvalue weighted by molar-refractivity contribution is 9.10. The lowest BCUT2D eigenvalue weighted by molar-refractivity contribution is -0.384. The molecule has 156 valence electrons. The number of furan rings is 1. The molecule has 0 saturated heterocycles. The van der Waals surface area contributed by atoms with Gasteiger partial charge in [-0.3, -0.25) is 14.9 Å². The van der Waals surface area contributed by atoms with Crippen LogP contribution < -0.4 is 10.1 Å². The Labute approximate surface area is 186 Å². The fourth-order valence-electron chi connectivity index (χ4n) is 2.72. The van der Waals surface area contributed by atoms with E-state index in [0.717, 1.165) is 0 Å². The van der Waals surface area contributed by atoms with Crippen LogP contribution in [0.1, 0.15) is 12.7 Å². The molecular weight excluding hydrogens is 466 g/mol. The van der Waals surface area contributed by atoms with Crippen LogP contribution in [0.15, 0.2) is 69.1 Å². The van der Waals surface area contributed by atoms with E-state index in [1.54, 1.807) is 42.5 Å². The summed E-state index contributed by atoms with van der Waals surface area (Å²) >= 11 is 3.30. The molecule has 0 radical (unpaired) electrons. The Morgan fingerprint density at radius 3 is 2.74 bits per heavy atom. The van der Waals surface area contributed by atoms with Gasteiger partial charge in [-0.2, -0.15) is 5.26 Å². The highest BCUT2D eigenvalue weighted by Gasteiger charge is 2.15. The number of ether oxygens (including phenoxy) is 1.